The van der Waals surface area contributed by atoms with Gasteiger partial charge in [0.1, 0.15) is 0 Å². The van der Waals surface area contributed by atoms with Crippen molar-refractivity contribution >= 4 is 35.1 Å². The van der Waals surface area contributed by atoms with E-state index in [-0.39, 0.29) is 23.7 Å². The number of thioether (sulfide) groups is 1. The summed E-state index contributed by atoms with van der Waals surface area (Å²) in [6, 6.07) is 8.76. The van der Waals surface area contributed by atoms with Crippen molar-refractivity contribution in [2.45, 2.75) is 30.1 Å². The van der Waals surface area contributed by atoms with Gasteiger partial charge in [0, 0.05) is 23.6 Å². The van der Waals surface area contributed by atoms with Gasteiger partial charge in [0.2, 0.25) is 5.91 Å². The second-order valence-electron chi connectivity index (χ2n) is 6.17. The van der Waals surface area contributed by atoms with Crippen molar-refractivity contribution in [1.29, 1.82) is 0 Å². The average molecular weight is 410 g/mol. The topological polar surface area (TPSA) is 83.1 Å². The third kappa shape index (κ3) is 6.15. The van der Waals surface area contributed by atoms with E-state index in [0.717, 1.165) is 36.9 Å². The van der Waals surface area contributed by atoms with Gasteiger partial charge in [-0.25, -0.2) is 9.78 Å². The normalized spacial score (nSPS) is 13.7. The average Bonchev–Trinajstić information content (AvgIpc) is 3.45. The highest BCUT2D eigenvalue weighted by molar-refractivity contribution is 7.99. The molecule has 2 aromatic rings. The van der Waals surface area contributed by atoms with Crippen molar-refractivity contribution in [2.75, 3.05) is 16.4 Å². The van der Waals surface area contributed by atoms with E-state index in [1.54, 1.807) is 24.3 Å². The molecule has 3 N–H and O–H groups in total. The van der Waals surface area contributed by atoms with E-state index in [2.05, 4.69) is 20.9 Å². The Labute approximate surface area is 163 Å². The molecule has 1 aliphatic rings. The lowest BCUT2D eigenvalue weighted by Crippen LogP contribution is -2.30. The van der Waals surface area contributed by atoms with Crippen LogP contribution in [0.5, 0.6) is 0 Å². The van der Waals surface area contributed by atoms with E-state index in [0.29, 0.717) is 16.4 Å². The van der Waals surface area contributed by atoms with Gasteiger partial charge in [0.15, 0.2) is 0 Å². The summed E-state index contributed by atoms with van der Waals surface area (Å²) in [4.78, 5) is 27.3. The first-order valence-corrected chi connectivity index (χ1v) is 9.41. The van der Waals surface area contributed by atoms with Gasteiger partial charge in [-0.05, 0) is 49.2 Å². The monoisotopic (exact) mass is 410 g/mol. The van der Waals surface area contributed by atoms with Crippen LogP contribution >= 0.6 is 11.8 Å². The largest absolute Gasteiger partial charge is 0.417 e. The zero-order chi connectivity index (χ0) is 20.1. The van der Waals surface area contributed by atoms with Gasteiger partial charge >= 0.3 is 12.2 Å². The Kier molecular flexibility index (Phi) is 6.08. The number of carbonyl (C=O) groups is 2. The SMILES string of the molecule is O=C(CSc1ccc(C(F)(F)F)cn1)Nc1ccc(NC(=O)NC2CC2)cc1. The number of halogens is 3. The minimum absolute atomic E-state index is 0.00214. The second kappa shape index (κ2) is 8.51. The first-order valence-electron chi connectivity index (χ1n) is 8.43. The summed E-state index contributed by atoms with van der Waals surface area (Å²) in [7, 11) is 0. The molecule has 1 aromatic heterocycles. The standard InChI is InChI=1S/C18H17F3N4O2S/c19-18(20,21)11-1-8-16(22-9-11)28-10-15(26)23-12-2-4-13(5-3-12)24-17(27)25-14-6-7-14/h1-5,8-9,14H,6-7,10H2,(H,23,26)(H2,24,25,27). The predicted molar refractivity (Wildman–Crippen MR) is 100 cm³/mol. The summed E-state index contributed by atoms with van der Waals surface area (Å²) in [6.45, 7) is 0. The number of hydrogen-bond donors (Lipinski definition) is 3. The molecule has 0 saturated heterocycles. The Bertz CT molecular complexity index is 837. The summed E-state index contributed by atoms with van der Waals surface area (Å²) >= 11 is 1.03. The van der Waals surface area contributed by atoms with Gasteiger partial charge in [-0.15, -0.1) is 0 Å². The molecule has 0 spiro atoms. The van der Waals surface area contributed by atoms with Crippen LogP contribution in [-0.2, 0) is 11.0 Å². The quantitative estimate of drug-likeness (QED) is 0.626. The fourth-order valence-corrected chi connectivity index (χ4v) is 2.83. The van der Waals surface area contributed by atoms with Crippen LogP contribution in [0.15, 0.2) is 47.6 Å². The maximum atomic E-state index is 12.5. The summed E-state index contributed by atoms with van der Waals surface area (Å²) in [5, 5.41) is 8.50. The molecule has 6 nitrogen and oxygen atoms in total. The highest BCUT2D eigenvalue weighted by Crippen LogP contribution is 2.29. The highest BCUT2D eigenvalue weighted by Gasteiger charge is 2.30. The molecule has 28 heavy (non-hydrogen) atoms. The lowest BCUT2D eigenvalue weighted by atomic mass is 10.3. The minimum Gasteiger partial charge on any atom is -0.335 e. The Morgan fingerprint density at radius 1 is 1.04 bits per heavy atom. The third-order valence-corrected chi connectivity index (χ3v) is 4.70. The molecular formula is C18H17F3N4O2S. The van der Waals surface area contributed by atoms with Crippen molar-refractivity contribution in [1.82, 2.24) is 10.3 Å². The van der Waals surface area contributed by atoms with Crippen molar-refractivity contribution in [3.05, 3.63) is 48.2 Å². The zero-order valence-electron chi connectivity index (χ0n) is 14.5. The van der Waals surface area contributed by atoms with Crippen LogP contribution < -0.4 is 16.0 Å². The number of nitrogens with zero attached hydrogens (tertiary/aromatic N) is 1. The summed E-state index contributed by atoms with van der Waals surface area (Å²) in [5.41, 5.74) is 0.305. The number of aromatic nitrogens is 1. The molecule has 1 aliphatic carbocycles. The molecule has 1 saturated carbocycles. The van der Waals surface area contributed by atoms with Crippen LogP contribution in [0.1, 0.15) is 18.4 Å². The predicted octanol–water partition coefficient (Wildman–Crippen LogP) is 4.12. The molecule has 10 heteroatoms. The molecule has 0 bridgehead atoms. The fraction of sp³-hybridized carbons (Fsp3) is 0.278. The van der Waals surface area contributed by atoms with E-state index in [1.807, 2.05) is 0 Å². The van der Waals surface area contributed by atoms with E-state index in [1.165, 1.54) is 6.07 Å². The van der Waals surface area contributed by atoms with Crippen molar-refractivity contribution in [3.8, 4) is 0 Å². The Morgan fingerprint density at radius 3 is 2.21 bits per heavy atom. The van der Waals surface area contributed by atoms with Crippen molar-refractivity contribution in [3.63, 3.8) is 0 Å². The van der Waals surface area contributed by atoms with Gasteiger partial charge in [-0.3, -0.25) is 4.79 Å². The molecule has 3 amide bonds. The molecule has 3 rings (SSSR count). The van der Waals surface area contributed by atoms with Gasteiger partial charge in [0.05, 0.1) is 16.3 Å². The second-order valence-corrected chi connectivity index (χ2v) is 7.17. The van der Waals surface area contributed by atoms with Crippen LogP contribution in [-0.4, -0.2) is 28.7 Å². The molecular weight excluding hydrogens is 393 g/mol. The molecule has 0 atom stereocenters. The number of hydrogen-bond acceptors (Lipinski definition) is 4. The molecule has 1 heterocycles. The number of rotatable bonds is 6. The van der Waals surface area contributed by atoms with Gasteiger partial charge in [-0.1, -0.05) is 11.8 Å². The summed E-state index contributed by atoms with van der Waals surface area (Å²) in [6.07, 6.45) is -1.70. The number of alkyl halides is 3. The number of anilines is 2. The van der Waals surface area contributed by atoms with Crippen molar-refractivity contribution < 1.29 is 22.8 Å². The van der Waals surface area contributed by atoms with Gasteiger partial charge in [0.25, 0.3) is 0 Å². The smallest absolute Gasteiger partial charge is 0.335 e. The lowest BCUT2D eigenvalue weighted by Gasteiger charge is -2.09. The van der Waals surface area contributed by atoms with Crippen LogP contribution in [0.2, 0.25) is 0 Å². The Balaban J connectivity index is 1.44. The number of carbonyl (C=O) groups excluding carboxylic acids is 2. The maximum Gasteiger partial charge on any atom is 0.417 e. The minimum atomic E-state index is -4.44. The molecule has 1 fully saturated rings. The van der Waals surface area contributed by atoms with Crippen LogP contribution in [0.25, 0.3) is 0 Å². The van der Waals surface area contributed by atoms with E-state index in [9.17, 15) is 22.8 Å². The van der Waals surface area contributed by atoms with Crippen LogP contribution in [0.4, 0.5) is 29.3 Å². The molecule has 0 aliphatic heterocycles. The Morgan fingerprint density at radius 2 is 1.68 bits per heavy atom. The molecule has 148 valence electrons. The first-order chi connectivity index (χ1) is 13.3. The highest BCUT2D eigenvalue weighted by atomic mass is 32.2. The van der Waals surface area contributed by atoms with E-state index < -0.39 is 11.7 Å². The number of amides is 3. The summed E-state index contributed by atoms with van der Waals surface area (Å²) in [5.74, 6) is -0.318. The number of benzene rings is 1. The summed E-state index contributed by atoms with van der Waals surface area (Å²) < 4.78 is 37.5. The Hall–Kier alpha value is -2.75. The number of pyridine rings is 1. The molecule has 1 aromatic carbocycles. The zero-order valence-corrected chi connectivity index (χ0v) is 15.4. The lowest BCUT2D eigenvalue weighted by molar-refractivity contribution is -0.137. The van der Waals surface area contributed by atoms with Gasteiger partial charge < -0.3 is 16.0 Å². The molecule has 0 unspecified atom stereocenters. The third-order valence-electron chi connectivity index (χ3n) is 3.75. The van der Waals surface area contributed by atoms with Crippen molar-refractivity contribution in [2.24, 2.45) is 0 Å². The molecule has 0 radical (unpaired) electrons. The van der Waals surface area contributed by atoms with E-state index >= 15 is 0 Å². The van der Waals surface area contributed by atoms with Crippen LogP contribution in [0.3, 0.4) is 0 Å². The fourth-order valence-electron chi connectivity index (χ4n) is 2.19. The number of urea groups is 1. The maximum absolute atomic E-state index is 12.5. The first kappa shape index (κ1) is 20.0. The van der Waals surface area contributed by atoms with Gasteiger partial charge in [-0.2, -0.15) is 13.2 Å². The van der Waals surface area contributed by atoms with Crippen LogP contribution in [0, 0.1) is 0 Å². The number of nitrogens with one attached hydrogen (secondary N) is 3. The van der Waals surface area contributed by atoms with E-state index in [4.69, 9.17) is 0 Å².